The molecule has 6 heteroatoms. The molecule has 0 aliphatic rings. The first-order valence-electron chi connectivity index (χ1n) is 2.83. The monoisotopic (exact) mass is 166 g/mol. The lowest BCUT2D eigenvalue weighted by atomic mass is 10.1. The van der Waals surface area contributed by atoms with Gasteiger partial charge in [-0.05, 0) is 6.92 Å². The third-order valence-corrected chi connectivity index (χ3v) is 1.25. The van der Waals surface area contributed by atoms with Gasteiger partial charge in [-0.25, -0.2) is 4.79 Å². The molecule has 0 radical (unpaired) electrons. The van der Waals surface area contributed by atoms with Crippen molar-refractivity contribution in [2.24, 2.45) is 0 Å². The van der Waals surface area contributed by atoms with E-state index in [4.69, 9.17) is 25.5 Å². The minimum Gasteiger partial charge on any atom is -0.479 e. The first kappa shape index (κ1) is 10.3. The highest BCUT2D eigenvalue weighted by Crippen LogP contribution is 2.11. The number of rotatable bonds is 3. The van der Waals surface area contributed by atoms with Crippen molar-refractivity contribution in [1.29, 1.82) is 0 Å². The van der Waals surface area contributed by atoms with Crippen LogP contribution >= 0.6 is 0 Å². The lowest BCUT2D eigenvalue weighted by molar-refractivity contribution is -0.269. The molecule has 0 aliphatic heterocycles. The fourth-order valence-corrected chi connectivity index (χ4v) is 0.410. The van der Waals surface area contributed by atoms with Gasteiger partial charge in [-0.1, -0.05) is 0 Å². The van der Waals surface area contributed by atoms with Crippen molar-refractivity contribution in [3.05, 3.63) is 0 Å². The summed E-state index contributed by atoms with van der Waals surface area (Å²) >= 11 is 0. The van der Waals surface area contributed by atoms with E-state index in [0.29, 0.717) is 0 Å². The van der Waals surface area contributed by atoms with Crippen molar-refractivity contribution in [2.75, 3.05) is 0 Å². The molecule has 66 valence electrons. The Morgan fingerprint density at radius 1 is 1.36 bits per heavy atom. The summed E-state index contributed by atoms with van der Waals surface area (Å²) < 4.78 is 0. The molecule has 2 atom stereocenters. The Balaban J connectivity index is 4.41. The van der Waals surface area contributed by atoms with Crippen LogP contribution in [0.1, 0.15) is 6.92 Å². The van der Waals surface area contributed by atoms with Gasteiger partial charge in [0.1, 0.15) is 6.10 Å². The van der Waals surface area contributed by atoms with Crippen LogP contribution in [0.2, 0.25) is 0 Å². The van der Waals surface area contributed by atoms with Gasteiger partial charge >= 0.3 is 5.97 Å². The summed E-state index contributed by atoms with van der Waals surface area (Å²) in [4.78, 5) is 9.97. The smallest absolute Gasteiger partial charge is 0.338 e. The molecule has 0 aromatic carbocycles. The molecule has 5 N–H and O–H groups in total. The zero-order valence-electron chi connectivity index (χ0n) is 5.80. The van der Waals surface area contributed by atoms with Crippen LogP contribution < -0.4 is 0 Å². The fraction of sp³-hybridized carbons (Fsp3) is 0.800. The Bertz CT molecular complexity index is 151. The standard InChI is InChI=1S/C5H10O6/c1-2(6)5(10,11)3(7)4(8)9/h2-3,6-7,10-11H,1H3,(H,8,9). The van der Waals surface area contributed by atoms with Crippen LogP contribution in [0.25, 0.3) is 0 Å². The highest BCUT2D eigenvalue weighted by molar-refractivity contribution is 5.73. The van der Waals surface area contributed by atoms with Crippen molar-refractivity contribution in [3.63, 3.8) is 0 Å². The Labute approximate surface area is 62.3 Å². The van der Waals surface area contributed by atoms with Gasteiger partial charge in [-0.2, -0.15) is 0 Å². The van der Waals surface area contributed by atoms with Gasteiger partial charge in [0.15, 0.2) is 0 Å². The first-order valence-corrected chi connectivity index (χ1v) is 2.83. The molecular weight excluding hydrogens is 156 g/mol. The number of aliphatic hydroxyl groups excluding tert-OH is 2. The van der Waals surface area contributed by atoms with Crippen LogP contribution in [0.3, 0.4) is 0 Å². The average Bonchev–Trinajstić information content (AvgIpc) is 1.85. The molecule has 0 fully saturated rings. The van der Waals surface area contributed by atoms with E-state index in [1.807, 2.05) is 0 Å². The predicted octanol–water partition coefficient (Wildman–Crippen LogP) is -2.51. The Kier molecular flexibility index (Phi) is 2.94. The molecule has 0 aromatic heterocycles. The number of carboxylic acids is 1. The topological polar surface area (TPSA) is 118 Å². The van der Waals surface area contributed by atoms with Gasteiger partial charge < -0.3 is 25.5 Å². The lowest BCUT2D eigenvalue weighted by Gasteiger charge is -2.26. The molecule has 0 aromatic rings. The van der Waals surface area contributed by atoms with Gasteiger partial charge in [-0.3, -0.25) is 0 Å². The first-order chi connectivity index (χ1) is 4.80. The van der Waals surface area contributed by atoms with Crippen LogP contribution in [-0.2, 0) is 4.79 Å². The number of aliphatic hydroxyl groups is 4. The Morgan fingerprint density at radius 3 is 1.82 bits per heavy atom. The number of carboxylic acid groups (broad SMARTS) is 1. The number of hydrogen-bond acceptors (Lipinski definition) is 5. The van der Waals surface area contributed by atoms with E-state index in [-0.39, 0.29) is 0 Å². The van der Waals surface area contributed by atoms with Gasteiger partial charge in [0.2, 0.25) is 11.9 Å². The van der Waals surface area contributed by atoms with Crippen molar-refractivity contribution >= 4 is 5.97 Å². The second kappa shape index (κ2) is 3.14. The normalized spacial score (nSPS) is 17.5. The summed E-state index contributed by atoms with van der Waals surface area (Å²) in [6.07, 6.45) is -4.16. The summed E-state index contributed by atoms with van der Waals surface area (Å²) in [5, 5.41) is 42.6. The van der Waals surface area contributed by atoms with Crippen molar-refractivity contribution in [3.8, 4) is 0 Å². The highest BCUT2D eigenvalue weighted by Gasteiger charge is 2.42. The molecule has 0 aliphatic carbocycles. The summed E-state index contributed by atoms with van der Waals surface area (Å²) in [5.74, 6) is -4.82. The second-order valence-corrected chi connectivity index (χ2v) is 2.20. The van der Waals surface area contributed by atoms with E-state index in [2.05, 4.69) is 0 Å². The molecule has 0 saturated carbocycles. The molecule has 2 unspecified atom stereocenters. The molecule has 6 nitrogen and oxygen atoms in total. The predicted molar refractivity (Wildman–Crippen MR) is 32.5 cm³/mol. The van der Waals surface area contributed by atoms with E-state index >= 15 is 0 Å². The number of aliphatic carboxylic acids is 1. The van der Waals surface area contributed by atoms with E-state index in [1.54, 1.807) is 0 Å². The highest BCUT2D eigenvalue weighted by atomic mass is 16.5. The summed E-state index contributed by atoms with van der Waals surface area (Å²) in [5.41, 5.74) is 0. The van der Waals surface area contributed by atoms with E-state index < -0.39 is 24.0 Å². The zero-order valence-corrected chi connectivity index (χ0v) is 5.80. The van der Waals surface area contributed by atoms with Gasteiger partial charge in [-0.15, -0.1) is 0 Å². The van der Waals surface area contributed by atoms with Crippen molar-refractivity contribution < 1.29 is 30.3 Å². The fourth-order valence-electron chi connectivity index (χ4n) is 0.410. The van der Waals surface area contributed by atoms with Crippen LogP contribution in [0.5, 0.6) is 0 Å². The summed E-state index contributed by atoms with van der Waals surface area (Å²) in [6.45, 7) is 0.951. The Morgan fingerprint density at radius 2 is 1.73 bits per heavy atom. The maximum absolute atomic E-state index is 9.97. The minimum atomic E-state index is -3.01. The summed E-state index contributed by atoms with van der Waals surface area (Å²) in [7, 11) is 0. The lowest BCUT2D eigenvalue weighted by Crippen LogP contribution is -2.54. The molecular formula is C5H10O6. The molecule has 11 heavy (non-hydrogen) atoms. The SMILES string of the molecule is CC(O)C(O)(O)C(O)C(=O)O. The van der Waals surface area contributed by atoms with Crippen LogP contribution in [0, 0.1) is 0 Å². The van der Waals surface area contributed by atoms with Gasteiger partial charge in [0.25, 0.3) is 0 Å². The van der Waals surface area contributed by atoms with E-state index in [1.165, 1.54) is 0 Å². The van der Waals surface area contributed by atoms with Gasteiger partial charge in [0.05, 0.1) is 0 Å². The van der Waals surface area contributed by atoms with Gasteiger partial charge in [0, 0.05) is 0 Å². The van der Waals surface area contributed by atoms with Crippen LogP contribution in [-0.4, -0.2) is 49.5 Å². The molecule has 0 rings (SSSR count). The third-order valence-electron chi connectivity index (χ3n) is 1.25. The molecule has 0 heterocycles. The number of hydrogen-bond donors (Lipinski definition) is 5. The van der Waals surface area contributed by atoms with Crippen molar-refractivity contribution in [1.82, 2.24) is 0 Å². The minimum absolute atomic E-state index is 0.951. The second-order valence-electron chi connectivity index (χ2n) is 2.20. The maximum Gasteiger partial charge on any atom is 0.338 e. The zero-order chi connectivity index (χ0) is 9.23. The largest absolute Gasteiger partial charge is 0.479 e. The quantitative estimate of drug-likeness (QED) is 0.295. The molecule has 0 amide bonds. The Hall–Kier alpha value is -0.690. The molecule has 0 bridgehead atoms. The summed E-state index contributed by atoms with van der Waals surface area (Å²) in [6, 6.07) is 0. The molecule has 0 saturated heterocycles. The molecule has 0 spiro atoms. The van der Waals surface area contributed by atoms with Crippen molar-refractivity contribution in [2.45, 2.75) is 24.9 Å². The third kappa shape index (κ3) is 2.12. The van der Waals surface area contributed by atoms with E-state index in [9.17, 15) is 4.79 Å². The number of carbonyl (C=O) groups is 1. The van der Waals surface area contributed by atoms with Crippen LogP contribution in [0.4, 0.5) is 0 Å². The average molecular weight is 166 g/mol. The van der Waals surface area contributed by atoms with Crippen LogP contribution in [0.15, 0.2) is 0 Å². The van der Waals surface area contributed by atoms with E-state index in [0.717, 1.165) is 6.92 Å². The maximum atomic E-state index is 9.97.